The summed E-state index contributed by atoms with van der Waals surface area (Å²) in [7, 11) is 0. The molecule has 22 heavy (non-hydrogen) atoms. The van der Waals surface area contributed by atoms with Crippen LogP contribution in [0.4, 0.5) is 18.9 Å². The number of halogens is 4. The minimum absolute atomic E-state index is 0.287. The van der Waals surface area contributed by atoms with Gasteiger partial charge in [-0.25, -0.2) is 0 Å². The lowest BCUT2D eigenvalue weighted by molar-refractivity contribution is -0.137. The molecule has 0 bridgehead atoms. The van der Waals surface area contributed by atoms with E-state index in [9.17, 15) is 18.0 Å². The first-order valence-electron chi connectivity index (χ1n) is 6.44. The predicted molar refractivity (Wildman–Crippen MR) is 80.3 cm³/mol. The molecule has 0 atom stereocenters. The second-order valence-corrected chi connectivity index (χ2v) is 5.34. The van der Waals surface area contributed by atoms with E-state index in [1.54, 1.807) is 19.1 Å². The average Bonchev–Trinajstić information content (AvgIpc) is 2.41. The van der Waals surface area contributed by atoms with Gasteiger partial charge in [-0.2, -0.15) is 13.2 Å². The van der Waals surface area contributed by atoms with Gasteiger partial charge in [-0.1, -0.05) is 29.8 Å². The first-order valence-corrected chi connectivity index (χ1v) is 6.82. The van der Waals surface area contributed by atoms with Crippen molar-refractivity contribution in [1.82, 2.24) is 0 Å². The van der Waals surface area contributed by atoms with Crippen molar-refractivity contribution >= 4 is 23.2 Å². The topological polar surface area (TPSA) is 29.1 Å². The first kappa shape index (κ1) is 16.4. The fourth-order valence-corrected chi connectivity index (χ4v) is 2.55. The quantitative estimate of drug-likeness (QED) is 0.804. The number of benzene rings is 2. The van der Waals surface area contributed by atoms with Gasteiger partial charge >= 0.3 is 6.18 Å². The number of hydrogen-bond acceptors (Lipinski definition) is 1. The van der Waals surface area contributed by atoms with E-state index >= 15 is 0 Å². The van der Waals surface area contributed by atoms with Crippen LogP contribution in [-0.2, 0) is 6.18 Å². The van der Waals surface area contributed by atoms with E-state index in [2.05, 4.69) is 5.32 Å². The SMILES string of the molecule is Cc1cc(C)c(NC(=O)c2ccccc2C(F)(F)F)c(Cl)c1. The minimum atomic E-state index is -4.60. The molecule has 0 aliphatic rings. The van der Waals surface area contributed by atoms with Crippen LogP contribution in [0.15, 0.2) is 36.4 Å². The number of nitrogens with one attached hydrogen (secondary N) is 1. The highest BCUT2D eigenvalue weighted by molar-refractivity contribution is 6.34. The van der Waals surface area contributed by atoms with Crippen molar-refractivity contribution in [2.75, 3.05) is 5.32 Å². The Hall–Kier alpha value is -2.01. The van der Waals surface area contributed by atoms with E-state index in [1.165, 1.54) is 12.1 Å². The van der Waals surface area contributed by atoms with Crippen LogP contribution in [0.1, 0.15) is 27.0 Å². The molecule has 0 aromatic heterocycles. The average molecular weight is 328 g/mol. The van der Waals surface area contributed by atoms with E-state index in [1.807, 2.05) is 6.92 Å². The highest BCUT2D eigenvalue weighted by atomic mass is 35.5. The summed E-state index contributed by atoms with van der Waals surface area (Å²) in [6.45, 7) is 3.56. The Bertz CT molecular complexity index is 703. The second kappa shape index (κ2) is 6.01. The van der Waals surface area contributed by atoms with Gasteiger partial charge in [-0.3, -0.25) is 4.79 Å². The standard InChI is InChI=1S/C16H13ClF3NO/c1-9-7-10(2)14(13(17)8-9)21-15(22)11-5-3-4-6-12(11)16(18,19)20/h3-8H,1-2H3,(H,21,22). The molecule has 2 rings (SSSR count). The molecule has 0 unspecified atom stereocenters. The fourth-order valence-electron chi connectivity index (χ4n) is 2.18. The van der Waals surface area contributed by atoms with Crippen molar-refractivity contribution in [2.24, 2.45) is 0 Å². The number of aryl methyl sites for hydroxylation is 2. The molecule has 2 aromatic carbocycles. The van der Waals surface area contributed by atoms with E-state index in [-0.39, 0.29) is 5.02 Å². The van der Waals surface area contributed by atoms with Gasteiger partial charge in [-0.05, 0) is 43.2 Å². The van der Waals surface area contributed by atoms with Gasteiger partial charge in [-0.15, -0.1) is 0 Å². The summed E-state index contributed by atoms with van der Waals surface area (Å²) in [5.74, 6) is -0.846. The van der Waals surface area contributed by atoms with Gasteiger partial charge in [0.15, 0.2) is 0 Å². The molecule has 0 heterocycles. The Balaban J connectivity index is 2.40. The summed E-state index contributed by atoms with van der Waals surface area (Å²) in [6.07, 6.45) is -4.60. The minimum Gasteiger partial charge on any atom is -0.320 e. The van der Waals surface area contributed by atoms with Crippen molar-refractivity contribution < 1.29 is 18.0 Å². The van der Waals surface area contributed by atoms with Crippen molar-refractivity contribution in [2.45, 2.75) is 20.0 Å². The number of carbonyl (C=O) groups excluding carboxylic acids is 1. The van der Waals surface area contributed by atoms with Gasteiger partial charge < -0.3 is 5.32 Å². The van der Waals surface area contributed by atoms with E-state index in [0.29, 0.717) is 11.3 Å². The summed E-state index contributed by atoms with van der Waals surface area (Å²) >= 11 is 6.06. The zero-order valence-corrected chi connectivity index (χ0v) is 12.6. The summed E-state index contributed by atoms with van der Waals surface area (Å²) in [4.78, 5) is 12.2. The zero-order chi connectivity index (χ0) is 16.5. The lowest BCUT2D eigenvalue weighted by Gasteiger charge is -2.15. The van der Waals surface area contributed by atoms with Gasteiger partial charge in [0, 0.05) is 0 Å². The third-order valence-electron chi connectivity index (χ3n) is 3.15. The lowest BCUT2D eigenvalue weighted by Crippen LogP contribution is -2.19. The maximum absolute atomic E-state index is 13.0. The molecule has 2 aromatic rings. The predicted octanol–water partition coefficient (Wildman–Crippen LogP) is 5.23. The summed E-state index contributed by atoms with van der Waals surface area (Å²) in [6, 6.07) is 8.06. The number of anilines is 1. The molecule has 0 saturated heterocycles. The molecular formula is C16H13ClF3NO. The largest absolute Gasteiger partial charge is 0.417 e. The molecule has 1 amide bonds. The van der Waals surface area contributed by atoms with Gasteiger partial charge in [0.2, 0.25) is 0 Å². The molecule has 0 radical (unpaired) electrons. The van der Waals surface area contributed by atoms with Crippen molar-refractivity contribution in [3.63, 3.8) is 0 Å². The van der Waals surface area contributed by atoms with Crippen molar-refractivity contribution in [1.29, 1.82) is 0 Å². The first-order chi connectivity index (χ1) is 10.2. The third kappa shape index (κ3) is 3.42. The lowest BCUT2D eigenvalue weighted by atomic mass is 10.1. The molecule has 1 N–H and O–H groups in total. The Morgan fingerprint density at radius 1 is 1.14 bits per heavy atom. The van der Waals surface area contributed by atoms with Crippen LogP contribution in [0, 0.1) is 13.8 Å². The number of rotatable bonds is 2. The van der Waals surface area contributed by atoms with Crippen LogP contribution in [0.3, 0.4) is 0 Å². The smallest absolute Gasteiger partial charge is 0.320 e. The Morgan fingerprint density at radius 3 is 2.36 bits per heavy atom. The third-order valence-corrected chi connectivity index (χ3v) is 3.45. The monoisotopic (exact) mass is 327 g/mol. The number of hydrogen-bond donors (Lipinski definition) is 1. The van der Waals surface area contributed by atoms with E-state index in [0.717, 1.165) is 17.7 Å². The summed E-state index contributed by atoms with van der Waals surface area (Å²) < 4.78 is 38.9. The Kier molecular flexibility index (Phi) is 4.47. The zero-order valence-electron chi connectivity index (χ0n) is 11.9. The maximum Gasteiger partial charge on any atom is 0.417 e. The van der Waals surface area contributed by atoms with Crippen LogP contribution < -0.4 is 5.32 Å². The number of carbonyl (C=O) groups is 1. The van der Waals surface area contributed by atoms with Crippen LogP contribution in [0.5, 0.6) is 0 Å². The molecule has 0 aliphatic heterocycles. The number of alkyl halides is 3. The van der Waals surface area contributed by atoms with Gasteiger partial charge in [0.05, 0.1) is 21.8 Å². The molecule has 6 heteroatoms. The molecule has 0 aliphatic carbocycles. The molecule has 0 spiro atoms. The van der Waals surface area contributed by atoms with Crippen LogP contribution in [0.2, 0.25) is 5.02 Å². The van der Waals surface area contributed by atoms with Crippen LogP contribution in [0.25, 0.3) is 0 Å². The maximum atomic E-state index is 13.0. The Morgan fingerprint density at radius 2 is 1.77 bits per heavy atom. The highest BCUT2D eigenvalue weighted by Gasteiger charge is 2.34. The Labute approximate surface area is 130 Å². The van der Waals surface area contributed by atoms with Gasteiger partial charge in [0.25, 0.3) is 5.91 Å². The van der Waals surface area contributed by atoms with E-state index in [4.69, 9.17) is 11.6 Å². The summed E-state index contributed by atoms with van der Waals surface area (Å²) in [5, 5.41) is 2.75. The van der Waals surface area contributed by atoms with Crippen LogP contribution in [-0.4, -0.2) is 5.91 Å². The molecule has 116 valence electrons. The normalized spacial score (nSPS) is 11.4. The van der Waals surface area contributed by atoms with Gasteiger partial charge in [0.1, 0.15) is 0 Å². The van der Waals surface area contributed by atoms with Crippen LogP contribution >= 0.6 is 11.6 Å². The van der Waals surface area contributed by atoms with E-state index < -0.39 is 23.2 Å². The molecule has 0 fully saturated rings. The molecule has 0 saturated carbocycles. The second-order valence-electron chi connectivity index (χ2n) is 4.94. The summed E-state index contributed by atoms with van der Waals surface area (Å²) in [5.41, 5.74) is 0.479. The fraction of sp³-hybridized carbons (Fsp3) is 0.188. The number of amides is 1. The van der Waals surface area contributed by atoms with Crippen molar-refractivity contribution in [3.05, 3.63) is 63.7 Å². The molecule has 2 nitrogen and oxygen atoms in total. The molecular weight excluding hydrogens is 315 g/mol. The van der Waals surface area contributed by atoms with Crippen molar-refractivity contribution in [3.8, 4) is 0 Å². The highest BCUT2D eigenvalue weighted by Crippen LogP contribution is 2.33.